The first-order chi connectivity index (χ1) is 22.5. The van der Waals surface area contributed by atoms with Gasteiger partial charge in [-0.1, -0.05) is 84.7 Å². The van der Waals surface area contributed by atoms with Gasteiger partial charge in [-0.15, -0.1) is 0 Å². The van der Waals surface area contributed by atoms with Crippen molar-refractivity contribution in [2.24, 2.45) is 0 Å². The highest BCUT2D eigenvalue weighted by Gasteiger charge is 2.34. The van der Waals surface area contributed by atoms with Crippen LogP contribution < -0.4 is 10.6 Å². The summed E-state index contributed by atoms with van der Waals surface area (Å²) in [5.41, 5.74) is 4.11. The molecule has 0 aliphatic carbocycles. The van der Waals surface area contributed by atoms with Crippen LogP contribution in [0.2, 0.25) is 10.0 Å². The molecule has 1 fully saturated rings. The van der Waals surface area contributed by atoms with Gasteiger partial charge in [0.2, 0.25) is 21.8 Å². The van der Waals surface area contributed by atoms with E-state index in [-0.39, 0.29) is 36.9 Å². The largest absolute Gasteiger partial charge is 0.344 e. The van der Waals surface area contributed by atoms with Crippen molar-refractivity contribution < 1.29 is 18.0 Å². The molecule has 0 radical (unpaired) electrons. The number of nitrogens with zero attached hydrogens (tertiary/aromatic N) is 3. The number of likely N-dealkylation sites (N-methyl/N-ethyl adjacent to an activating group) is 1. The molecule has 252 valence electrons. The van der Waals surface area contributed by atoms with Crippen molar-refractivity contribution in [1.29, 1.82) is 0 Å². The Balaban J connectivity index is 1.30. The number of piperazine rings is 1. The van der Waals surface area contributed by atoms with Gasteiger partial charge >= 0.3 is 0 Å². The van der Waals surface area contributed by atoms with Crippen LogP contribution in [-0.2, 0) is 32.5 Å². The Bertz CT molecular complexity index is 1650. The van der Waals surface area contributed by atoms with E-state index in [1.54, 1.807) is 17.0 Å². The molecule has 47 heavy (non-hydrogen) atoms. The van der Waals surface area contributed by atoms with Gasteiger partial charge in [-0.25, -0.2) is 12.7 Å². The zero-order chi connectivity index (χ0) is 33.6. The molecule has 0 aromatic heterocycles. The van der Waals surface area contributed by atoms with Crippen LogP contribution in [0.25, 0.3) is 0 Å². The Morgan fingerprint density at radius 2 is 1.66 bits per heavy atom. The van der Waals surface area contributed by atoms with E-state index in [1.165, 1.54) is 16.1 Å². The summed E-state index contributed by atoms with van der Waals surface area (Å²) in [6, 6.07) is 21.8. The first-order valence-corrected chi connectivity index (χ1v) is 18.7. The standard InChI is InChI=1S/C35H43Cl2N5O4S/c1-3-42(47(2,45)46)24-33(29-10-6-7-11-30(29)37)40-18-20-41(21-19-40)35(44)32(22-25-12-14-27(36)15-13-25)39-34(43)23-31-28-9-5-4-8-26(28)16-17-38-31/h4-15,31-33,38H,3,16-24H2,1-2H3,(H,39,43)/t31?,32-,33?/m1/s1. The number of amides is 2. The second kappa shape index (κ2) is 15.9. The fraction of sp³-hybridized carbons (Fsp3) is 0.429. The molecule has 0 saturated carbocycles. The van der Waals surface area contributed by atoms with Crippen molar-refractivity contribution in [2.75, 3.05) is 52.1 Å². The third kappa shape index (κ3) is 9.13. The van der Waals surface area contributed by atoms with E-state index < -0.39 is 16.1 Å². The number of sulfonamides is 1. The van der Waals surface area contributed by atoms with E-state index in [4.69, 9.17) is 23.2 Å². The average Bonchev–Trinajstić information content (AvgIpc) is 3.06. The van der Waals surface area contributed by atoms with Crippen LogP contribution in [0.4, 0.5) is 0 Å². The smallest absolute Gasteiger partial charge is 0.245 e. The lowest BCUT2D eigenvalue weighted by molar-refractivity contribution is -0.138. The molecule has 2 aliphatic rings. The number of carbonyl (C=O) groups is 2. The summed E-state index contributed by atoms with van der Waals surface area (Å²) in [5, 5.41) is 7.70. The monoisotopic (exact) mass is 699 g/mol. The lowest BCUT2D eigenvalue weighted by Gasteiger charge is -2.41. The van der Waals surface area contributed by atoms with Crippen LogP contribution >= 0.6 is 23.2 Å². The fourth-order valence-electron chi connectivity index (χ4n) is 6.59. The lowest BCUT2D eigenvalue weighted by Crippen LogP contribution is -2.56. The van der Waals surface area contributed by atoms with E-state index >= 15 is 0 Å². The maximum Gasteiger partial charge on any atom is 0.245 e. The van der Waals surface area contributed by atoms with Crippen molar-refractivity contribution in [3.63, 3.8) is 0 Å². The van der Waals surface area contributed by atoms with Crippen LogP contribution in [-0.4, -0.2) is 92.4 Å². The summed E-state index contributed by atoms with van der Waals surface area (Å²) >= 11 is 12.7. The van der Waals surface area contributed by atoms with Crippen LogP contribution in [0.3, 0.4) is 0 Å². The topological polar surface area (TPSA) is 102 Å². The molecule has 1 saturated heterocycles. The summed E-state index contributed by atoms with van der Waals surface area (Å²) in [4.78, 5) is 31.6. The molecule has 2 aliphatic heterocycles. The quantitative estimate of drug-likeness (QED) is 0.290. The summed E-state index contributed by atoms with van der Waals surface area (Å²) in [6.45, 7) is 5.10. The molecule has 2 N–H and O–H groups in total. The van der Waals surface area contributed by atoms with Gasteiger partial charge in [0.05, 0.1) is 12.3 Å². The SMILES string of the molecule is CCN(CC(c1ccccc1Cl)N1CCN(C(=O)[C@@H](Cc2ccc(Cl)cc2)NC(=O)CC2NCCc3ccccc32)CC1)S(C)(=O)=O. The Morgan fingerprint density at radius 3 is 2.34 bits per heavy atom. The predicted molar refractivity (Wildman–Crippen MR) is 187 cm³/mol. The minimum atomic E-state index is -3.43. The average molecular weight is 701 g/mol. The number of carbonyl (C=O) groups excluding carboxylic acids is 2. The van der Waals surface area contributed by atoms with E-state index in [9.17, 15) is 18.0 Å². The number of hydrogen-bond acceptors (Lipinski definition) is 6. The molecule has 0 bridgehead atoms. The minimum Gasteiger partial charge on any atom is -0.344 e. The first kappa shape index (κ1) is 35.3. The van der Waals surface area contributed by atoms with Crippen molar-refractivity contribution in [1.82, 2.24) is 24.7 Å². The third-order valence-corrected chi connectivity index (χ3v) is 11.1. The molecule has 2 amide bonds. The summed E-state index contributed by atoms with van der Waals surface area (Å²) in [7, 11) is -3.43. The highest BCUT2D eigenvalue weighted by Crippen LogP contribution is 2.30. The molecule has 2 heterocycles. The second-order valence-corrected chi connectivity index (χ2v) is 15.0. The minimum absolute atomic E-state index is 0.119. The Morgan fingerprint density at radius 1 is 0.979 bits per heavy atom. The number of hydrogen-bond donors (Lipinski definition) is 2. The van der Waals surface area contributed by atoms with Gasteiger partial charge in [0.1, 0.15) is 6.04 Å². The molecule has 9 nitrogen and oxygen atoms in total. The highest BCUT2D eigenvalue weighted by molar-refractivity contribution is 7.88. The number of benzene rings is 3. The van der Waals surface area contributed by atoms with Crippen LogP contribution in [0.1, 0.15) is 47.7 Å². The third-order valence-electron chi connectivity index (χ3n) is 9.12. The number of halogens is 2. The molecule has 3 aromatic carbocycles. The maximum absolute atomic E-state index is 14.1. The van der Waals surface area contributed by atoms with Gasteiger partial charge in [-0.3, -0.25) is 14.5 Å². The van der Waals surface area contributed by atoms with Crippen LogP contribution in [0, 0.1) is 0 Å². The molecule has 5 rings (SSSR count). The maximum atomic E-state index is 14.1. The van der Waals surface area contributed by atoms with Gasteiger partial charge in [-0.2, -0.15) is 0 Å². The van der Waals surface area contributed by atoms with Crippen LogP contribution in [0.15, 0.2) is 72.8 Å². The normalized spacial score (nSPS) is 18.4. The zero-order valence-corrected chi connectivity index (χ0v) is 29.2. The zero-order valence-electron chi connectivity index (χ0n) is 26.9. The summed E-state index contributed by atoms with van der Waals surface area (Å²) < 4.78 is 26.5. The van der Waals surface area contributed by atoms with Crippen molar-refractivity contribution in [3.05, 3.63) is 105 Å². The number of rotatable bonds is 12. The Kier molecular flexibility index (Phi) is 12.0. The van der Waals surface area contributed by atoms with Crippen LogP contribution in [0.5, 0.6) is 0 Å². The first-order valence-electron chi connectivity index (χ1n) is 16.1. The Hall–Kier alpha value is -2.99. The predicted octanol–water partition coefficient (Wildman–Crippen LogP) is 4.46. The van der Waals surface area contributed by atoms with Crippen molar-refractivity contribution in [2.45, 2.75) is 44.3 Å². The van der Waals surface area contributed by atoms with Gasteiger partial charge in [-0.05, 0) is 53.4 Å². The molecular formula is C35H43Cl2N5O4S. The number of fused-ring (bicyclic) bond motifs is 1. The van der Waals surface area contributed by atoms with Crippen molar-refractivity contribution >= 4 is 45.0 Å². The molecule has 2 unspecified atom stereocenters. The van der Waals surface area contributed by atoms with E-state index in [0.29, 0.717) is 49.2 Å². The fourth-order valence-corrected chi connectivity index (χ4v) is 7.86. The van der Waals surface area contributed by atoms with Gasteiger partial charge < -0.3 is 15.5 Å². The molecular weight excluding hydrogens is 657 g/mol. The lowest BCUT2D eigenvalue weighted by atomic mass is 9.92. The van der Waals surface area contributed by atoms with Gasteiger partial charge in [0.25, 0.3) is 0 Å². The van der Waals surface area contributed by atoms with E-state index in [1.807, 2.05) is 55.5 Å². The van der Waals surface area contributed by atoms with Gasteiger partial charge in [0, 0.05) is 68.2 Å². The van der Waals surface area contributed by atoms with Crippen molar-refractivity contribution in [3.8, 4) is 0 Å². The Labute approximate surface area is 288 Å². The van der Waals surface area contributed by atoms with E-state index in [0.717, 1.165) is 29.7 Å². The second-order valence-electron chi connectivity index (χ2n) is 12.2. The molecule has 3 aromatic rings. The summed E-state index contributed by atoms with van der Waals surface area (Å²) in [6.07, 6.45) is 2.69. The number of nitrogens with one attached hydrogen (secondary N) is 2. The van der Waals surface area contributed by atoms with E-state index in [2.05, 4.69) is 27.7 Å². The molecule has 0 spiro atoms. The molecule has 12 heteroatoms. The highest BCUT2D eigenvalue weighted by atomic mass is 35.5. The van der Waals surface area contributed by atoms with Gasteiger partial charge in [0.15, 0.2) is 0 Å². The summed E-state index contributed by atoms with van der Waals surface area (Å²) in [5.74, 6) is -0.338. The molecule has 3 atom stereocenters.